The summed E-state index contributed by atoms with van der Waals surface area (Å²) in [7, 11) is 0. The van der Waals surface area contributed by atoms with Crippen LogP contribution in [0.15, 0.2) is 0 Å². The lowest BCUT2D eigenvalue weighted by atomic mass is 9.75. The van der Waals surface area contributed by atoms with Crippen molar-refractivity contribution < 1.29 is 14.3 Å². The van der Waals surface area contributed by atoms with E-state index in [9.17, 15) is 9.59 Å². The van der Waals surface area contributed by atoms with Gasteiger partial charge in [-0.05, 0) is 58.0 Å². The molecule has 0 amide bonds. The third-order valence-corrected chi connectivity index (χ3v) is 4.66. The summed E-state index contributed by atoms with van der Waals surface area (Å²) in [4.78, 5) is 26.4. The largest absolute Gasteiger partial charge is 0.465 e. The van der Waals surface area contributed by atoms with E-state index in [2.05, 4.69) is 25.7 Å². The molecule has 1 saturated heterocycles. The highest BCUT2D eigenvalue weighted by atomic mass is 16.5. The minimum Gasteiger partial charge on any atom is -0.465 e. The van der Waals surface area contributed by atoms with Crippen molar-refractivity contribution in [2.75, 3.05) is 26.2 Å². The van der Waals surface area contributed by atoms with E-state index < -0.39 is 11.4 Å². The van der Waals surface area contributed by atoms with Gasteiger partial charge in [0.2, 0.25) is 0 Å². The van der Waals surface area contributed by atoms with E-state index in [1.165, 1.54) is 0 Å². The number of esters is 1. The minimum absolute atomic E-state index is 0.0461. The lowest BCUT2D eigenvalue weighted by molar-refractivity contribution is -0.158. The fraction of sp³-hybridized carbons (Fsp3) is 0.882. The van der Waals surface area contributed by atoms with Crippen molar-refractivity contribution in [3.63, 3.8) is 0 Å². The monoisotopic (exact) mass is 297 g/mol. The van der Waals surface area contributed by atoms with Crippen LogP contribution >= 0.6 is 0 Å². The van der Waals surface area contributed by atoms with E-state index in [1.54, 1.807) is 20.8 Å². The van der Waals surface area contributed by atoms with Crippen LogP contribution in [0.4, 0.5) is 0 Å². The number of rotatable bonds is 5. The number of carbonyl (C=O) groups excluding carboxylic acids is 2. The Hall–Kier alpha value is -0.900. The van der Waals surface area contributed by atoms with Crippen LogP contribution in [-0.2, 0) is 14.3 Å². The van der Waals surface area contributed by atoms with Gasteiger partial charge in [-0.15, -0.1) is 0 Å². The van der Waals surface area contributed by atoms with Crippen molar-refractivity contribution in [2.45, 2.75) is 54.4 Å². The average molecular weight is 297 g/mol. The number of Topliss-reactive ketones (excluding diaryl/α,β-unsaturated/α-hetero) is 1. The molecule has 1 aliphatic rings. The number of likely N-dealkylation sites (tertiary alicyclic amines) is 1. The van der Waals surface area contributed by atoms with E-state index >= 15 is 0 Å². The van der Waals surface area contributed by atoms with E-state index in [0.717, 1.165) is 25.9 Å². The lowest BCUT2D eigenvalue weighted by Crippen LogP contribution is -2.45. The minimum atomic E-state index is -1.04. The molecule has 0 aromatic heterocycles. The first-order valence-electron chi connectivity index (χ1n) is 8.02. The van der Waals surface area contributed by atoms with Crippen LogP contribution < -0.4 is 0 Å². The highest BCUT2D eigenvalue weighted by Gasteiger charge is 2.38. The molecule has 0 radical (unpaired) electrons. The Morgan fingerprint density at radius 1 is 1.10 bits per heavy atom. The van der Waals surface area contributed by atoms with Gasteiger partial charge in [-0.2, -0.15) is 0 Å². The van der Waals surface area contributed by atoms with E-state index in [1.807, 2.05) is 0 Å². The SMILES string of the molecule is CCOC(=O)C(C)(C)C(=O)CN1CCC(C(C)(C)C)CC1. The molecule has 0 atom stereocenters. The maximum absolute atomic E-state index is 12.4. The van der Waals surface area contributed by atoms with Crippen molar-refractivity contribution in [2.24, 2.45) is 16.7 Å². The Balaban J connectivity index is 2.52. The summed E-state index contributed by atoms with van der Waals surface area (Å²) in [5.41, 5.74) is -0.711. The Labute approximate surface area is 129 Å². The predicted octanol–water partition coefficient (Wildman–Crippen LogP) is 2.90. The quantitative estimate of drug-likeness (QED) is 0.578. The van der Waals surface area contributed by atoms with Crippen molar-refractivity contribution in [3.05, 3.63) is 0 Å². The highest BCUT2D eigenvalue weighted by Crippen LogP contribution is 2.34. The first kappa shape index (κ1) is 18.1. The number of ether oxygens (including phenoxy) is 1. The van der Waals surface area contributed by atoms with Gasteiger partial charge in [0.1, 0.15) is 5.41 Å². The number of carbonyl (C=O) groups is 2. The molecule has 0 saturated carbocycles. The molecule has 4 nitrogen and oxygen atoms in total. The van der Waals surface area contributed by atoms with Crippen LogP contribution in [0.25, 0.3) is 0 Å². The number of hydrogen-bond donors (Lipinski definition) is 0. The first-order chi connectivity index (χ1) is 9.59. The van der Waals surface area contributed by atoms with Gasteiger partial charge in [-0.3, -0.25) is 14.5 Å². The molecule has 1 heterocycles. The Bertz CT molecular complexity index is 374. The van der Waals surface area contributed by atoms with Gasteiger partial charge in [0.15, 0.2) is 5.78 Å². The van der Waals surface area contributed by atoms with Gasteiger partial charge in [0, 0.05) is 0 Å². The van der Waals surface area contributed by atoms with Crippen molar-refractivity contribution >= 4 is 11.8 Å². The molecule has 1 aliphatic heterocycles. The smallest absolute Gasteiger partial charge is 0.319 e. The van der Waals surface area contributed by atoms with Crippen LogP contribution in [0.1, 0.15) is 54.4 Å². The summed E-state index contributed by atoms with van der Waals surface area (Å²) in [6.45, 7) is 14.5. The fourth-order valence-electron chi connectivity index (χ4n) is 2.78. The second-order valence-corrected chi connectivity index (χ2v) is 7.69. The predicted molar refractivity (Wildman–Crippen MR) is 84.0 cm³/mol. The van der Waals surface area contributed by atoms with E-state index in [4.69, 9.17) is 4.74 Å². The molecule has 0 bridgehead atoms. The van der Waals surface area contributed by atoms with Gasteiger partial charge in [-0.25, -0.2) is 0 Å². The lowest BCUT2D eigenvalue weighted by Gasteiger charge is -2.39. The maximum Gasteiger partial charge on any atom is 0.319 e. The van der Waals surface area contributed by atoms with Gasteiger partial charge in [0.25, 0.3) is 0 Å². The number of ketones is 1. The number of piperidine rings is 1. The maximum atomic E-state index is 12.4. The molecule has 0 aliphatic carbocycles. The van der Waals surface area contributed by atoms with Crippen LogP contribution in [0.5, 0.6) is 0 Å². The summed E-state index contributed by atoms with van der Waals surface area (Å²) in [5, 5.41) is 0. The van der Waals surface area contributed by atoms with Crippen molar-refractivity contribution in [1.82, 2.24) is 4.90 Å². The summed E-state index contributed by atoms with van der Waals surface area (Å²) in [5.74, 6) is 0.247. The normalized spacial score (nSPS) is 18.6. The number of hydrogen-bond acceptors (Lipinski definition) is 4. The summed E-state index contributed by atoms with van der Waals surface area (Å²) in [6, 6.07) is 0. The molecule has 1 fully saturated rings. The van der Waals surface area contributed by atoms with Gasteiger partial charge < -0.3 is 4.74 Å². The number of nitrogens with zero attached hydrogens (tertiary/aromatic N) is 1. The van der Waals surface area contributed by atoms with Crippen LogP contribution in [-0.4, -0.2) is 42.9 Å². The fourth-order valence-corrected chi connectivity index (χ4v) is 2.78. The molecule has 4 heteroatoms. The molecule has 0 aromatic rings. The summed E-state index contributed by atoms with van der Waals surface area (Å²) >= 11 is 0. The molecule has 0 aromatic carbocycles. The van der Waals surface area contributed by atoms with Crippen molar-refractivity contribution in [3.8, 4) is 0 Å². The molecule has 0 spiro atoms. The highest BCUT2D eigenvalue weighted by molar-refractivity contribution is 6.03. The third kappa shape index (κ3) is 4.80. The molecule has 0 N–H and O–H groups in total. The first-order valence-corrected chi connectivity index (χ1v) is 8.02. The molecule has 0 unspecified atom stereocenters. The molecular weight excluding hydrogens is 266 g/mol. The second kappa shape index (κ2) is 6.91. The molecular formula is C17H31NO3. The second-order valence-electron chi connectivity index (χ2n) is 7.69. The third-order valence-electron chi connectivity index (χ3n) is 4.66. The van der Waals surface area contributed by atoms with E-state index in [-0.39, 0.29) is 5.78 Å². The Morgan fingerprint density at radius 2 is 1.62 bits per heavy atom. The van der Waals surface area contributed by atoms with Gasteiger partial charge >= 0.3 is 5.97 Å². The van der Waals surface area contributed by atoms with Crippen LogP contribution in [0.3, 0.4) is 0 Å². The van der Waals surface area contributed by atoms with Crippen LogP contribution in [0, 0.1) is 16.7 Å². The Morgan fingerprint density at radius 3 is 2.05 bits per heavy atom. The van der Waals surface area contributed by atoms with Gasteiger partial charge in [0.05, 0.1) is 13.2 Å². The zero-order valence-corrected chi connectivity index (χ0v) is 14.5. The standard InChI is InChI=1S/C17H31NO3/c1-7-21-15(20)17(5,6)14(19)12-18-10-8-13(9-11-18)16(2,3)4/h13H,7-12H2,1-6H3. The zero-order chi connectivity index (χ0) is 16.3. The summed E-state index contributed by atoms with van der Waals surface area (Å²) < 4.78 is 5.00. The van der Waals surface area contributed by atoms with E-state index in [0.29, 0.717) is 24.5 Å². The van der Waals surface area contributed by atoms with Crippen LogP contribution in [0.2, 0.25) is 0 Å². The molecule has 1 rings (SSSR count). The average Bonchev–Trinajstić information content (AvgIpc) is 2.38. The topological polar surface area (TPSA) is 46.6 Å². The summed E-state index contributed by atoms with van der Waals surface area (Å²) in [6.07, 6.45) is 2.24. The molecule has 21 heavy (non-hydrogen) atoms. The van der Waals surface area contributed by atoms with Crippen molar-refractivity contribution in [1.29, 1.82) is 0 Å². The Kier molecular flexibility index (Phi) is 5.97. The molecule has 122 valence electrons. The zero-order valence-electron chi connectivity index (χ0n) is 14.5. The van der Waals surface area contributed by atoms with Gasteiger partial charge in [-0.1, -0.05) is 20.8 Å².